The van der Waals surface area contributed by atoms with Crippen LogP contribution in [0.3, 0.4) is 0 Å². The number of guanidine groups is 4. The molecule has 0 radical (unpaired) electrons. The number of nitrogens with one attached hydrogen (secondary N) is 13. The number of nitrogens with two attached hydrogens (primary N) is 6. The van der Waals surface area contributed by atoms with E-state index in [0.717, 1.165) is 16.7 Å². The Labute approximate surface area is 412 Å². The molecule has 3 aromatic carbocycles. The number of carbonyl (C=O) groups excluding carboxylic acids is 6. The monoisotopic (exact) mass is 1020 g/mol. The number of aliphatic hydroxyl groups is 1. The Morgan fingerprint density at radius 1 is 0.616 bits per heavy atom. The predicted molar refractivity (Wildman–Crippen MR) is 262 cm³/mol. The third-order valence-corrected chi connectivity index (χ3v) is 9.48. The van der Waals surface area contributed by atoms with Crippen molar-refractivity contribution in [1.29, 1.82) is 21.6 Å². The largest absolute Gasteiger partial charge is 0.393 e. The molecule has 0 aliphatic rings. The zero-order chi connectivity index (χ0) is 54.9. The van der Waals surface area contributed by atoms with Gasteiger partial charge in [-0.05, 0) is 29.3 Å². The summed E-state index contributed by atoms with van der Waals surface area (Å²) in [5.74, 6) is -11.9. The van der Waals surface area contributed by atoms with Gasteiger partial charge in [-0.15, -0.1) is 0 Å². The standard InChI is InChI=1S/C39H53N23O11/c1-59(2)19-12-10-17(11-13-19)7-6-14-60(22-15-20(40)21(61(70)71)16-23(22)62(72)73)35(69)34(68)50-24(18-8-4-3-5-9-18)30(64)52-27(56-37(44)45)32(66)54-29(58-39(48)49)33(67)53-28(57-38(46)47)31(65)51-26(25(41)63)55-36(42)43/h3-13,15-16,24,26-29,35,69H,14,40H2,1-2H3,(H2,41,63)(H,50,68)(H,51,65)(H,52,64)(H,53,67)(H,54,66)(H4,42,43,55)(H4,44,45,56)(H4,46,47,57)(H4,48,49,58)/b7-6-. The van der Waals surface area contributed by atoms with Crippen LogP contribution < -0.4 is 92.1 Å². The number of carbonyl (C=O) groups is 6. The minimum atomic E-state index is -2.44. The molecule has 0 fully saturated rings. The van der Waals surface area contributed by atoms with Gasteiger partial charge in [0.2, 0.25) is 12.1 Å². The minimum absolute atomic E-state index is 0.0180. The van der Waals surface area contributed by atoms with Gasteiger partial charge in [0.1, 0.15) is 17.4 Å². The van der Waals surface area contributed by atoms with E-state index in [2.05, 4.69) is 21.3 Å². The summed E-state index contributed by atoms with van der Waals surface area (Å²) in [6.45, 7) is -0.501. The van der Waals surface area contributed by atoms with E-state index in [-0.39, 0.29) is 5.56 Å². The second kappa shape index (κ2) is 25.7. The molecular formula is C39H53N23O11. The summed E-state index contributed by atoms with van der Waals surface area (Å²) in [5.41, 5.74) is 31.1. The van der Waals surface area contributed by atoms with Crippen LogP contribution in [-0.4, -0.2) is 126 Å². The van der Waals surface area contributed by atoms with Crippen molar-refractivity contribution in [2.75, 3.05) is 36.2 Å². The lowest BCUT2D eigenvalue weighted by atomic mass is 10.1. The highest BCUT2D eigenvalue weighted by Gasteiger charge is 2.37. The van der Waals surface area contributed by atoms with Gasteiger partial charge >= 0.3 is 0 Å². The van der Waals surface area contributed by atoms with Gasteiger partial charge in [-0.3, -0.25) is 70.6 Å². The molecule has 3 aromatic rings. The van der Waals surface area contributed by atoms with Crippen LogP contribution in [0.5, 0.6) is 0 Å². The number of nitrogens with zero attached hydrogens (tertiary/aromatic N) is 4. The summed E-state index contributed by atoms with van der Waals surface area (Å²) in [5, 5.41) is 84.9. The van der Waals surface area contributed by atoms with Crippen molar-refractivity contribution in [2.24, 2.45) is 28.7 Å². The van der Waals surface area contributed by atoms with Crippen LogP contribution in [0.15, 0.2) is 72.8 Å². The number of anilines is 3. The Kier molecular flexibility index (Phi) is 20.0. The molecule has 390 valence electrons. The quantitative estimate of drug-likeness (QED) is 0.00992. The topological polar surface area (TPSA) is 575 Å². The first-order valence-corrected chi connectivity index (χ1v) is 20.6. The highest BCUT2D eigenvalue weighted by Crippen LogP contribution is 2.37. The lowest BCUT2D eigenvalue weighted by molar-refractivity contribution is -0.393. The molecular weight excluding hydrogens is 967 g/mol. The molecule has 34 heteroatoms. The van der Waals surface area contributed by atoms with E-state index < -0.39 is 135 Å². The van der Waals surface area contributed by atoms with Gasteiger partial charge in [0.15, 0.2) is 48.5 Å². The maximum Gasteiger partial charge on any atom is 0.299 e. The Morgan fingerprint density at radius 3 is 1.48 bits per heavy atom. The molecule has 6 amide bonds. The van der Waals surface area contributed by atoms with Gasteiger partial charge in [-0.2, -0.15) is 0 Å². The Balaban J connectivity index is 2.02. The molecule has 0 spiro atoms. The van der Waals surface area contributed by atoms with Gasteiger partial charge in [-0.1, -0.05) is 54.6 Å². The molecule has 0 aliphatic heterocycles. The second-order valence-electron chi connectivity index (χ2n) is 15.1. The first kappa shape index (κ1) is 56.8. The first-order valence-electron chi connectivity index (χ1n) is 20.6. The average molecular weight is 1020 g/mol. The molecule has 0 heterocycles. The van der Waals surface area contributed by atoms with E-state index in [9.17, 15) is 54.1 Å². The van der Waals surface area contributed by atoms with E-state index in [1.54, 1.807) is 30.3 Å². The second-order valence-corrected chi connectivity index (χ2v) is 15.1. The number of benzene rings is 3. The highest BCUT2D eigenvalue weighted by molar-refractivity contribution is 6.00. The molecule has 0 saturated heterocycles. The molecule has 26 N–H and O–H groups in total. The van der Waals surface area contributed by atoms with E-state index in [4.69, 9.17) is 56.0 Å². The van der Waals surface area contributed by atoms with Gasteiger partial charge < -0.3 is 97.2 Å². The lowest BCUT2D eigenvalue weighted by Gasteiger charge is -2.30. The average Bonchev–Trinajstić information content (AvgIpc) is 3.30. The Hall–Kier alpha value is -10.5. The van der Waals surface area contributed by atoms with Crippen LogP contribution in [0.1, 0.15) is 17.2 Å². The third kappa shape index (κ3) is 16.9. The van der Waals surface area contributed by atoms with Crippen molar-refractivity contribution in [2.45, 2.75) is 36.9 Å². The van der Waals surface area contributed by atoms with E-state index >= 15 is 0 Å². The molecule has 73 heavy (non-hydrogen) atoms. The smallest absolute Gasteiger partial charge is 0.299 e. The Morgan fingerprint density at radius 2 is 1.05 bits per heavy atom. The number of nitrogen functional groups attached to an aromatic ring is 1. The molecule has 0 saturated carbocycles. The fourth-order valence-electron chi connectivity index (χ4n) is 6.14. The number of hydrogen-bond donors (Lipinski definition) is 20. The molecule has 6 atom stereocenters. The normalized spacial score (nSPS) is 13.1. The van der Waals surface area contributed by atoms with Crippen molar-refractivity contribution in [3.8, 4) is 0 Å². The van der Waals surface area contributed by atoms with Gasteiger partial charge in [-0.25, -0.2) is 0 Å². The lowest BCUT2D eigenvalue weighted by Crippen LogP contribution is -2.68. The number of primary amides is 1. The number of nitro benzene ring substituents is 2. The van der Waals surface area contributed by atoms with Crippen molar-refractivity contribution in [3.63, 3.8) is 0 Å². The minimum Gasteiger partial charge on any atom is -0.393 e. The molecule has 0 aliphatic carbocycles. The summed E-state index contributed by atoms with van der Waals surface area (Å²) in [7, 11) is 3.64. The third-order valence-electron chi connectivity index (χ3n) is 9.48. The summed E-state index contributed by atoms with van der Waals surface area (Å²) in [6, 6.07) is 13.5. The maximum atomic E-state index is 14.2. The molecule has 0 bridgehead atoms. The molecule has 0 aromatic heterocycles. The van der Waals surface area contributed by atoms with Crippen molar-refractivity contribution >= 4 is 93.8 Å². The number of rotatable bonds is 24. The van der Waals surface area contributed by atoms with E-state index in [1.807, 2.05) is 45.6 Å². The fourth-order valence-corrected chi connectivity index (χ4v) is 6.14. The molecule has 6 unspecified atom stereocenters. The van der Waals surface area contributed by atoms with Crippen LogP contribution in [0.2, 0.25) is 0 Å². The van der Waals surface area contributed by atoms with Crippen LogP contribution in [0, 0.1) is 41.9 Å². The van der Waals surface area contributed by atoms with Gasteiger partial charge in [0.25, 0.3) is 40.9 Å². The number of nitro groups is 2. The molecule has 3 rings (SSSR count). The van der Waals surface area contributed by atoms with Crippen LogP contribution in [0.4, 0.5) is 28.4 Å². The summed E-state index contributed by atoms with van der Waals surface area (Å²) >= 11 is 0. The summed E-state index contributed by atoms with van der Waals surface area (Å²) in [4.78, 5) is 105. The van der Waals surface area contributed by atoms with Crippen LogP contribution in [0.25, 0.3) is 6.08 Å². The van der Waals surface area contributed by atoms with Crippen molar-refractivity contribution < 1.29 is 43.7 Å². The number of aliphatic hydroxyl groups excluding tert-OH is 1. The van der Waals surface area contributed by atoms with E-state index in [0.29, 0.717) is 11.6 Å². The maximum absolute atomic E-state index is 14.2. The van der Waals surface area contributed by atoms with Gasteiger partial charge in [0, 0.05) is 26.3 Å². The SMILES string of the molecule is CN(C)c1ccc(/C=C\CN(c2cc(N)c([N+](=O)[O-])cc2[N+](=O)[O-])C(O)C(=O)NC(C(=O)NC(NC(=N)N)C(=O)NC(NC(=N)N)C(=O)NC(NC(=N)N)C(=O)NC(NC(=N)N)C(N)=O)c2ccccc2)cc1. The van der Waals surface area contributed by atoms with Crippen molar-refractivity contribution in [3.05, 3.63) is 104 Å². The Bertz CT molecular complexity index is 2650. The number of hydrogen-bond acceptors (Lipinski definition) is 18. The van der Waals surface area contributed by atoms with E-state index in [1.165, 1.54) is 36.4 Å². The van der Waals surface area contributed by atoms with Crippen molar-refractivity contribution in [1.82, 2.24) is 47.9 Å². The first-order chi connectivity index (χ1) is 34.2. The highest BCUT2D eigenvalue weighted by atomic mass is 16.6. The number of amides is 6. The predicted octanol–water partition coefficient (Wildman–Crippen LogP) is -5.97. The zero-order valence-corrected chi connectivity index (χ0v) is 38.5. The zero-order valence-electron chi connectivity index (χ0n) is 38.5. The summed E-state index contributed by atoms with van der Waals surface area (Å²) in [6.07, 6.45) is -7.74. The van der Waals surface area contributed by atoms with Crippen LogP contribution in [-0.2, 0) is 28.8 Å². The fraction of sp³-hybridized carbons (Fsp3) is 0.231. The van der Waals surface area contributed by atoms with Gasteiger partial charge in [0.05, 0.1) is 15.9 Å². The van der Waals surface area contributed by atoms with Crippen LogP contribution >= 0.6 is 0 Å². The summed E-state index contributed by atoms with van der Waals surface area (Å²) < 4.78 is 0. The molecule has 34 nitrogen and oxygen atoms in total.